The Kier molecular flexibility index (Phi) is 3.46. The summed E-state index contributed by atoms with van der Waals surface area (Å²) >= 11 is 2.06. The van der Waals surface area contributed by atoms with Gasteiger partial charge < -0.3 is 5.32 Å². The van der Waals surface area contributed by atoms with Gasteiger partial charge in [0, 0.05) is 25.4 Å². The third-order valence-corrected chi connectivity index (χ3v) is 3.19. The van der Waals surface area contributed by atoms with Crippen molar-refractivity contribution in [3.63, 3.8) is 0 Å². The standard InChI is InChI=1S/C10H12IN5O/c1-6-7(5-16(2)15-6)3-12-10(17)9-8(11)4-13-14-9/h4-5H,3H2,1-2H3,(H,12,17)(H,13,14). The summed E-state index contributed by atoms with van der Waals surface area (Å²) < 4.78 is 2.54. The fourth-order valence-electron chi connectivity index (χ4n) is 1.52. The van der Waals surface area contributed by atoms with Gasteiger partial charge in [-0.05, 0) is 29.5 Å². The highest BCUT2D eigenvalue weighted by molar-refractivity contribution is 14.1. The van der Waals surface area contributed by atoms with Gasteiger partial charge in [-0.1, -0.05) is 0 Å². The van der Waals surface area contributed by atoms with E-state index < -0.39 is 0 Å². The van der Waals surface area contributed by atoms with Gasteiger partial charge in [-0.15, -0.1) is 0 Å². The average molecular weight is 345 g/mol. The van der Waals surface area contributed by atoms with Crippen LogP contribution in [0.2, 0.25) is 0 Å². The number of rotatable bonds is 3. The van der Waals surface area contributed by atoms with Crippen LogP contribution in [0.3, 0.4) is 0 Å². The molecule has 2 heterocycles. The predicted molar refractivity (Wildman–Crippen MR) is 70.4 cm³/mol. The number of hydrogen-bond acceptors (Lipinski definition) is 3. The Morgan fingerprint density at radius 2 is 2.41 bits per heavy atom. The van der Waals surface area contributed by atoms with E-state index in [2.05, 4.69) is 43.2 Å². The van der Waals surface area contributed by atoms with E-state index in [1.54, 1.807) is 10.9 Å². The lowest BCUT2D eigenvalue weighted by molar-refractivity contribution is 0.0945. The molecule has 0 aliphatic rings. The van der Waals surface area contributed by atoms with E-state index in [1.807, 2.05) is 20.2 Å². The summed E-state index contributed by atoms with van der Waals surface area (Å²) in [7, 11) is 1.86. The van der Waals surface area contributed by atoms with E-state index in [0.29, 0.717) is 12.2 Å². The van der Waals surface area contributed by atoms with E-state index in [4.69, 9.17) is 0 Å². The van der Waals surface area contributed by atoms with E-state index in [1.165, 1.54) is 0 Å². The molecular formula is C10H12IN5O. The number of H-pyrrole nitrogens is 1. The number of carbonyl (C=O) groups is 1. The number of nitrogens with zero attached hydrogens (tertiary/aromatic N) is 3. The average Bonchev–Trinajstić information content (AvgIpc) is 2.81. The van der Waals surface area contributed by atoms with Crippen molar-refractivity contribution in [3.8, 4) is 0 Å². The Bertz CT molecular complexity index is 545. The first kappa shape index (κ1) is 12.1. The molecular weight excluding hydrogens is 333 g/mol. The molecule has 0 spiro atoms. The topological polar surface area (TPSA) is 75.6 Å². The van der Waals surface area contributed by atoms with Crippen molar-refractivity contribution >= 4 is 28.5 Å². The molecule has 0 aliphatic heterocycles. The third kappa shape index (κ3) is 2.65. The fraction of sp³-hybridized carbons (Fsp3) is 0.300. The first-order chi connectivity index (χ1) is 8.08. The lowest BCUT2D eigenvalue weighted by Crippen LogP contribution is -2.24. The smallest absolute Gasteiger partial charge is 0.270 e. The van der Waals surface area contributed by atoms with Gasteiger partial charge in [-0.3, -0.25) is 14.6 Å². The molecule has 0 saturated heterocycles. The maximum atomic E-state index is 11.8. The highest BCUT2D eigenvalue weighted by Crippen LogP contribution is 2.08. The summed E-state index contributed by atoms with van der Waals surface area (Å²) in [4.78, 5) is 11.8. The molecule has 0 bridgehead atoms. The molecule has 0 aliphatic carbocycles. The summed E-state index contributed by atoms with van der Waals surface area (Å²) in [5, 5.41) is 13.5. The van der Waals surface area contributed by atoms with E-state index in [9.17, 15) is 4.79 Å². The molecule has 2 N–H and O–H groups in total. The molecule has 0 unspecified atom stereocenters. The molecule has 1 amide bonds. The van der Waals surface area contributed by atoms with Gasteiger partial charge in [-0.2, -0.15) is 10.2 Å². The maximum absolute atomic E-state index is 11.8. The van der Waals surface area contributed by atoms with Crippen LogP contribution in [-0.4, -0.2) is 25.9 Å². The number of hydrogen-bond donors (Lipinski definition) is 2. The Morgan fingerprint density at radius 3 is 2.94 bits per heavy atom. The number of amides is 1. The van der Waals surface area contributed by atoms with Gasteiger partial charge >= 0.3 is 0 Å². The number of halogens is 1. The minimum Gasteiger partial charge on any atom is -0.346 e. The molecule has 90 valence electrons. The summed E-state index contributed by atoms with van der Waals surface area (Å²) in [6.45, 7) is 2.38. The van der Waals surface area contributed by atoms with Crippen LogP contribution in [0.5, 0.6) is 0 Å². The molecule has 7 heteroatoms. The molecule has 17 heavy (non-hydrogen) atoms. The Labute approximate surface area is 112 Å². The Morgan fingerprint density at radius 1 is 1.65 bits per heavy atom. The van der Waals surface area contributed by atoms with Crippen molar-refractivity contribution in [2.45, 2.75) is 13.5 Å². The van der Waals surface area contributed by atoms with Crippen LogP contribution in [0.4, 0.5) is 0 Å². The van der Waals surface area contributed by atoms with Gasteiger partial charge in [0.1, 0.15) is 5.69 Å². The summed E-state index contributed by atoms with van der Waals surface area (Å²) in [5.74, 6) is -0.157. The third-order valence-electron chi connectivity index (χ3n) is 2.37. The molecule has 0 fully saturated rings. The number of aromatic nitrogens is 4. The van der Waals surface area contributed by atoms with Gasteiger partial charge in [0.05, 0.1) is 15.5 Å². The summed E-state index contributed by atoms with van der Waals surface area (Å²) in [6.07, 6.45) is 3.51. The van der Waals surface area contributed by atoms with Crippen LogP contribution in [0, 0.1) is 10.5 Å². The monoisotopic (exact) mass is 345 g/mol. The van der Waals surface area contributed by atoms with Gasteiger partial charge in [-0.25, -0.2) is 0 Å². The zero-order valence-electron chi connectivity index (χ0n) is 9.49. The highest BCUT2D eigenvalue weighted by Gasteiger charge is 2.12. The number of aromatic amines is 1. The lowest BCUT2D eigenvalue weighted by atomic mass is 10.2. The molecule has 0 aromatic carbocycles. The second-order valence-corrected chi connectivity index (χ2v) is 4.85. The second-order valence-electron chi connectivity index (χ2n) is 3.69. The zero-order valence-corrected chi connectivity index (χ0v) is 11.6. The molecule has 6 nitrogen and oxygen atoms in total. The van der Waals surface area contributed by atoms with Gasteiger partial charge in [0.15, 0.2) is 0 Å². The summed E-state index contributed by atoms with van der Waals surface area (Å²) in [5.41, 5.74) is 2.43. The molecule has 0 radical (unpaired) electrons. The molecule has 2 aromatic heterocycles. The van der Waals surface area contributed by atoms with Gasteiger partial charge in [0.25, 0.3) is 5.91 Å². The van der Waals surface area contributed by atoms with Crippen molar-refractivity contribution in [3.05, 3.63) is 32.9 Å². The largest absolute Gasteiger partial charge is 0.346 e. The number of nitrogens with one attached hydrogen (secondary N) is 2. The zero-order chi connectivity index (χ0) is 12.4. The van der Waals surface area contributed by atoms with Crippen molar-refractivity contribution in [1.82, 2.24) is 25.3 Å². The minimum absolute atomic E-state index is 0.157. The molecule has 2 rings (SSSR count). The van der Waals surface area contributed by atoms with Crippen LogP contribution < -0.4 is 5.32 Å². The van der Waals surface area contributed by atoms with Crippen LogP contribution in [0.25, 0.3) is 0 Å². The van der Waals surface area contributed by atoms with Crippen LogP contribution >= 0.6 is 22.6 Å². The first-order valence-electron chi connectivity index (χ1n) is 5.04. The Hall–Kier alpha value is -1.38. The normalized spacial score (nSPS) is 10.5. The fourth-order valence-corrected chi connectivity index (χ4v) is 2.02. The summed E-state index contributed by atoms with van der Waals surface area (Å²) in [6, 6.07) is 0. The number of aryl methyl sites for hydroxylation is 2. The van der Waals surface area contributed by atoms with Crippen molar-refractivity contribution in [2.75, 3.05) is 0 Å². The van der Waals surface area contributed by atoms with Crippen LogP contribution in [0.1, 0.15) is 21.7 Å². The van der Waals surface area contributed by atoms with Gasteiger partial charge in [0.2, 0.25) is 0 Å². The van der Waals surface area contributed by atoms with Crippen molar-refractivity contribution in [2.24, 2.45) is 7.05 Å². The van der Waals surface area contributed by atoms with Crippen molar-refractivity contribution < 1.29 is 4.79 Å². The van der Waals surface area contributed by atoms with E-state index in [0.717, 1.165) is 14.8 Å². The maximum Gasteiger partial charge on any atom is 0.270 e. The molecule has 0 saturated carbocycles. The molecule has 0 atom stereocenters. The minimum atomic E-state index is -0.157. The predicted octanol–water partition coefficient (Wildman–Crippen LogP) is 0.986. The van der Waals surface area contributed by atoms with Crippen LogP contribution in [-0.2, 0) is 13.6 Å². The van der Waals surface area contributed by atoms with E-state index >= 15 is 0 Å². The quantitative estimate of drug-likeness (QED) is 0.815. The first-order valence-corrected chi connectivity index (χ1v) is 6.12. The number of carbonyl (C=O) groups excluding carboxylic acids is 1. The highest BCUT2D eigenvalue weighted by atomic mass is 127. The second kappa shape index (κ2) is 4.86. The van der Waals surface area contributed by atoms with Crippen LogP contribution in [0.15, 0.2) is 12.4 Å². The molecule has 2 aromatic rings. The van der Waals surface area contributed by atoms with Crippen molar-refractivity contribution in [1.29, 1.82) is 0 Å². The van der Waals surface area contributed by atoms with E-state index in [-0.39, 0.29) is 5.91 Å². The lowest BCUT2D eigenvalue weighted by Gasteiger charge is -2.02. The Balaban J connectivity index is 2.02. The SMILES string of the molecule is Cc1nn(C)cc1CNC(=O)c1[nH]ncc1I.